The van der Waals surface area contributed by atoms with Crippen molar-refractivity contribution < 1.29 is 13.5 Å². The molecule has 0 aliphatic rings. The summed E-state index contributed by atoms with van der Waals surface area (Å²) in [7, 11) is 0. The lowest BCUT2D eigenvalue weighted by Gasteiger charge is -2.07. The summed E-state index contributed by atoms with van der Waals surface area (Å²) in [5.41, 5.74) is 1.82. The van der Waals surface area contributed by atoms with Gasteiger partial charge >= 0.3 is 0 Å². The highest BCUT2D eigenvalue weighted by atomic mass is 19.1. The van der Waals surface area contributed by atoms with E-state index >= 15 is 0 Å². The maximum absolute atomic E-state index is 13.5. The number of H-pyrrole nitrogens is 1. The van der Waals surface area contributed by atoms with E-state index in [0.717, 1.165) is 23.4 Å². The molecular weight excluding hydrogens is 262 g/mol. The van der Waals surface area contributed by atoms with E-state index in [1.165, 1.54) is 6.07 Å². The monoisotopic (exact) mass is 272 g/mol. The lowest BCUT2D eigenvalue weighted by Crippen LogP contribution is -1.89. The predicted octanol–water partition coefficient (Wildman–Crippen LogP) is 4.15. The number of hydrogen-bond acceptors (Lipinski definition) is 2. The van der Waals surface area contributed by atoms with Crippen LogP contribution in [0, 0.1) is 11.6 Å². The summed E-state index contributed by atoms with van der Waals surface area (Å²) >= 11 is 0. The Kier molecular flexibility index (Phi) is 3.16. The quantitative estimate of drug-likeness (QED) is 0.777. The number of hydrogen-bond donors (Lipinski definition) is 1. The summed E-state index contributed by atoms with van der Waals surface area (Å²) in [6.07, 6.45) is 3.29. The number of rotatable bonds is 3. The van der Waals surface area contributed by atoms with Crippen molar-refractivity contribution in [3.63, 3.8) is 0 Å². The molecule has 5 heteroatoms. The van der Waals surface area contributed by atoms with E-state index in [1.54, 1.807) is 24.7 Å². The maximum Gasteiger partial charge on any atom is 0.168 e. The van der Waals surface area contributed by atoms with Crippen LogP contribution in [0.1, 0.15) is 0 Å². The van der Waals surface area contributed by atoms with Gasteiger partial charge in [0.25, 0.3) is 0 Å². The molecule has 0 radical (unpaired) electrons. The minimum absolute atomic E-state index is 0.0132. The standard InChI is InChI=1S/C15H10F2N2O/c16-11-3-6-15(13(17)7-11)20-12-4-1-10(2-5-12)14-8-18-9-19-14/h1-9H,(H,18,19). The fourth-order valence-corrected chi connectivity index (χ4v) is 1.80. The number of halogens is 2. The van der Waals surface area contributed by atoms with Crippen molar-refractivity contribution in [2.45, 2.75) is 0 Å². The Labute approximate surface area is 113 Å². The van der Waals surface area contributed by atoms with Crippen LogP contribution in [0.4, 0.5) is 8.78 Å². The average Bonchev–Trinajstić information content (AvgIpc) is 2.97. The summed E-state index contributed by atoms with van der Waals surface area (Å²) in [5, 5.41) is 0. The van der Waals surface area contributed by atoms with Gasteiger partial charge in [-0.3, -0.25) is 0 Å². The third kappa shape index (κ3) is 2.51. The first kappa shape index (κ1) is 12.3. The van der Waals surface area contributed by atoms with Crippen LogP contribution >= 0.6 is 0 Å². The number of aromatic nitrogens is 2. The van der Waals surface area contributed by atoms with E-state index in [-0.39, 0.29) is 5.75 Å². The first-order valence-electron chi connectivity index (χ1n) is 5.94. The van der Waals surface area contributed by atoms with E-state index < -0.39 is 11.6 Å². The lowest BCUT2D eigenvalue weighted by molar-refractivity contribution is 0.438. The van der Waals surface area contributed by atoms with E-state index in [2.05, 4.69) is 9.97 Å². The third-order valence-electron chi connectivity index (χ3n) is 2.79. The zero-order valence-corrected chi connectivity index (χ0v) is 10.3. The molecule has 1 aromatic heterocycles. The van der Waals surface area contributed by atoms with Gasteiger partial charge in [0.1, 0.15) is 11.6 Å². The number of nitrogens with zero attached hydrogens (tertiary/aromatic N) is 1. The molecule has 100 valence electrons. The van der Waals surface area contributed by atoms with Crippen molar-refractivity contribution in [2.75, 3.05) is 0 Å². The largest absolute Gasteiger partial charge is 0.454 e. The third-order valence-corrected chi connectivity index (χ3v) is 2.79. The van der Waals surface area contributed by atoms with Gasteiger partial charge in [-0.2, -0.15) is 0 Å². The lowest BCUT2D eigenvalue weighted by atomic mass is 10.2. The minimum Gasteiger partial charge on any atom is -0.454 e. The van der Waals surface area contributed by atoms with E-state index in [4.69, 9.17) is 4.74 Å². The molecule has 0 unspecified atom stereocenters. The van der Waals surface area contributed by atoms with Gasteiger partial charge in [-0.05, 0) is 42.0 Å². The molecule has 0 amide bonds. The van der Waals surface area contributed by atoms with Gasteiger partial charge in [0.15, 0.2) is 11.6 Å². The van der Waals surface area contributed by atoms with Crippen LogP contribution in [0.2, 0.25) is 0 Å². The van der Waals surface area contributed by atoms with Crippen molar-refractivity contribution >= 4 is 0 Å². The fraction of sp³-hybridized carbons (Fsp3) is 0. The molecule has 0 saturated carbocycles. The van der Waals surface area contributed by atoms with Crippen LogP contribution in [0.5, 0.6) is 11.5 Å². The van der Waals surface area contributed by atoms with Crippen LogP contribution in [-0.4, -0.2) is 9.97 Å². The average molecular weight is 272 g/mol. The highest BCUT2D eigenvalue weighted by Crippen LogP contribution is 2.26. The van der Waals surface area contributed by atoms with Crippen LogP contribution < -0.4 is 4.74 Å². The second-order valence-electron chi connectivity index (χ2n) is 4.17. The van der Waals surface area contributed by atoms with Gasteiger partial charge < -0.3 is 9.72 Å². The Morgan fingerprint density at radius 2 is 1.80 bits per heavy atom. The smallest absolute Gasteiger partial charge is 0.168 e. The van der Waals surface area contributed by atoms with Crippen LogP contribution in [0.15, 0.2) is 55.0 Å². The zero-order valence-electron chi connectivity index (χ0n) is 10.3. The number of imidazole rings is 1. The molecule has 3 aromatic rings. The number of aromatic amines is 1. The molecule has 2 aromatic carbocycles. The molecule has 0 atom stereocenters. The van der Waals surface area contributed by atoms with Crippen molar-refractivity contribution in [3.8, 4) is 22.8 Å². The van der Waals surface area contributed by atoms with Gasteiger partial charge in [0.05, 0.1) is 18.2 Å². The van der Waals surface area contributed by atoms with Gasteiger partial charge in [-0.25, -0.2) is 13.8 Å². The van der Waals surface area contributed by atoms with Gasteiger partial charge in [-0.15, -0.1) is 0 Å². The number of nitrogens with one attached hydrogen (secondary N) is 1. The van der Waals surface area contributed by atoms with E-state index in [1.807, 2.05) is 12.1 Å². The zero-order chi connectivity index (χ0) is 13.9. The highest BCUT2D eigenvalue weighted by Gasteiger charge is 2.06. The van der Waals surface area contributed by atoms with E-state index in [9.17, 15) is 8.78 Å². The molecule has 3 rings (SSSR count). The minimum atomic E-state index is -0.734. The molecule has 1 N–H and O–H groups in total. The number of ether oxygens (including phenoxy) is 1. The first-order valence-corrected chi connectivity index (χ1v) is 5.94. The second-order valence-corrected chi connectivity index (χ2v) is 4.17. The molecule has 0 spiro atoms. The van der Waals surface area contributed by atoms with Crippen molar-refractivity contribution in [1.29, 1.82) is 0 Å². The van der Waals surface area contributed by atoms with Crippen LogP contribution in [0.25, 0.3) is 11.3 Å². The summed E-state index contributed by atoms with van der Waals surface area (Å²) in [5.74, 6) is -0.911. The Morgan fingerprint density at radius 3 is 2.45 bits per heavy atom. The molecule has 3 nitrogen and oxygen atoms in total. The van der Waals surface area contributed by atoms with Gasteiger partial charge in [0.2, 0.25) is 0 Å². The van der Waals surface area contributed by atoms with Crippen molar-refractivity contribution in [1.82, 2.24) is 9.97 Å². The molecule has 0 bridgehead atoms. The van der Waals surface area contributed by atoms with Gasteiger partial charge in [0, 0.05) is 6.07 Å². The van der Waals surface area contributed by atoms with Crippen molar-refractivity contribution in [3.05, 3.63) is 66.6 Å². The van der Waals surface area contributed by atoms with Gasteiger partial charge in [-0.1, -0.05) is 0 Å². The summed E-state index contributed by atoms with van der Waals surface area (Å²) in [6, 6.07) is 10.3. The Balaban J connectivity index is 1.81. The predicted molar refractivity (Wildman–Crippen MR) is 70.5 cm³/mol. The SMILES string of the molecule is Fc1ccc(Oc2ccc(-c3cnc[nH]3)cc2)c(F)c1. The summed E-state index contributed by atoms with van der Waals surface area (Å²) in [6.45, 7) is 0. The Bertz CT molecular complexity index is 709. The molecule has 1 heterocycles. The highest BCUT2D eigenvalue weighted by molar-refractivity contribution is 5.59. The molecular formula is C15H10F2N2O. The second kappa shape index (κ2) is 5.13. The normalized spacial score (nSPS) is 10.5. The number of benzene rings is 2. The fourth-order valence-electron chi connectivity index (χ4n) is 1.80. The summed E-state index contributed by atoms with van der Waals surface area (Å²) < 4.78 is 31.6. The Morgan fingerprint density at radius 1 is 1.00 bits per heavy atom. The first-order chi connectivity index (χ1) is 9.72. The molecule has 0 aliphatic heterocycles. The van der Waals surface area contributed by atoms with Crippen LogP contribution in [-0.2, 0) is 0 Å². The molecule has 0 aliphatic carbocycles. The molecule has 0 saturated heterocycles. The van der Waals surface area contributed by atoms with E-state index in [0.29, 0.717) is 5.75 Å². The maximum atomic E-state index is 13.5. The molecule has 0 fully saturated rings. The summed E-state index contributed by atoms with van der Waals surface area (Å²) in [4.78, 5) is 6.92. The van der Waals surface area contributed by atoms with Crippen molar-refractivity contribution in [2.24, 2.45) is 0 Å². The topological polar surface area (TPSA) is 37.9 Å². The Hall–Kier alpha value is -2.69. The molecule has 20 heavy (non-hydrogen) atoms. The van der Waals surface area contributed by atoms with Crippen LogP contribution in [0.3, 0.4) is 0 Å².